The quantitative estimate of drug-likeness (QED) is 0.360. The van der Waals surface area contributed by atoms with Gasteiger partial charge in [-0.2, -0.15) is 0 Å². The summed E-state index contributed by atoms with van der Waals surface area (Å²) < 4.78 is 49.8. The van der Waals surface area contributed by atoms with E-state index in [4.69, 9.17) is 0 Å². The zero-order valence-corrected chi connectivity index (χ0v) is 13.2. The molecular weight excluding hydrogens is 318 g/mol. The van der Waals surface area contributed by atoms with Crippen molar-refractivity contribution in [3.63, 3.8) is 0 Å². The molecule has 0 aromatic carbocycles. The monoisotopic (exact) mass is 334 g/mol. The first-order valence-corrected chi connectivity index (χ1v) is 8.46. The minimum Gasteiger partial charge on any atom is -0.444 e. The summed E-state index contributed by atoms with van der Waals surface area (Å²) in [5, 5.41) is 0. The molecule has 0 rings (SSSR count). The summed E-state index contributed by atoms with van der Waals surface area (Å²) in [6, 6.07) is 0. The van der Waals surface area contributed by atoms with Crippen LogP contribution in [0.15, 0.2) is 0 Å². The Morgan fingerprint density at radius 2 is 0.950 bits per heavy atom. The van der Waals surface area contributed by atoms with E-state index in [9.17, 15) is 18.7 Å². The van der Waals surface area contributed by atoms with Crippen LogP contribution in [0, 0.1) is 0 Å². The molecule has 0 aromatic heterocycles. The van der Waals surface area contributed by atoms with Gasteiger partial charge in [-0.3, -0.25) is 9.13 Å². The zero-order valence-electron chi connectivity index (χ0n) is 11.4. The molecule has 0 aromatic rings. The lowest BCUT2D eigenvalue weighted by molar-refractivity contribution is -0.165. The second-order valence-electron chi connectivity index (χ2n) is 3.07. The molecule has 0 atom stereocenters. The van der Waals surface area contributed by atoms with Gasteiger partial charge >= 0.3 is 27.1 Å². The number of carbonyl (C=O) groups excluding carboxylic acids is 2. The van der Waals surface area contributed by atoms with Crippen LogP contribution < -0.4 is 0 Å². The second-order valence-corrected chi connectivity index (χ2v) is 7.49. The molecule has 0 aliphatic rings. The fourth-order valence-corrected chi connectivity index (χ4v) is 2.02. The van der Waals surface area contributed by atoms with Crippen LogP contribution in [0.4, 0.5) is 0 Å². The fraction of sp³-hybridized carbons (Fsp3) is 0.750. The first-order chi connectivity index (χ1) is 9.25. The number of hydrogen-bond acceptors (Lipinski definition) is 10. The Kier molecular flexibility index (Phi) is 8.19. The molecule has 10 nitrogen and oxygen atoms in total. The third-order valence-electron chi connectivity index (χ3n) is 1.99. The highest BCUT2D eigenvalue weighted by Crippen LogP contribution is 2.47. The molecule has 0 fully saturated rings. The predicted octanol–water partition coefficient (Wildman–Crippen LogP) is 0.960. The van der Waals surface area contributed by atoms with Crippen molar-refractivity contribution in [3.8, 4) is 0 Å². The molecule has 0 saturated carbocycles. The molecule has 0 radical (unpaired) electrons. The number of hydrogen-bond donors (Lipinski definition) is 0. The standard InChI is InChI=1S/C8H16O10P2/c1-13-19(11,14-2)5-17-7(9)8(10)18-6-20(12,15-3)16-4/h5-6H2,1-4H3. The highest BCUT2D eigenvalue weighted by Gasteiger charge is 2.29. The van der Waals surface area contributed by atoms with Crippen molar-refractivity contribution in [2.45, 2.75) is 0 Å². The Hall–Kier alpha value is -0.760. The summed E-state index contributed by atoms with van der Waals surface area (Å²) in [4.78, 5) is 22.4. The first kappa shape index (κ1) is 19.2. The van der Waals surface area contributed by atoms with Gasteiger partial charge in [0.25, 0.3) is 0 Å². The van der Waals surface area contributed by atoms with Gasteiger partial charge in [0.05, 0.1) is 0 Å². The van der Waals surface area contributed by atoms with Crippen LogP contribution in [0.3, 0.4) is 0 Å². The molecule has 0 N–H and O–H groups in total. The van der Waals surface area contributed by atoms with Gasteiger partial charge < -0.3 is 27.6 Å². The molecular formula is C8H16O10P2. The third-order valence-corrected chi connectivity index (χ3v) is 5.10. The van der Waals surface area contributed by atoms with Crippen LogP contribution in [0.25, 0.3) is 0 Å². The highest BCUT2D eigenvalue weighted by molar-refractivity contribution is 7.53. The van der Waals surface area contributed by atoms with Crippen LogP contribution in [0.2, 0.25) is 0 Å². The van der Waals surface area contributed by atoms with Crippen molar-refractivity contribution in [3.05, 3.63) is 0 Å². The molecule has 0 heterocycles. The van der Waals surface area contributed by atoms with Gasteiger partial charge in [-0.15, -0.1) is 0 Å². The van der Waals surface area contributed by atoms with Crippen molar-refractivity contribution in [2.75, 3.05) is 41.1 Å². The Morgan fingerprint density at radius 3 is 1.15 bits per heavy atom. The minimum absolute atomic E-state index is 0.764. The van der Waals surface area contributed by atoms with Crippen molar-refractivity contribution < 1.29 is 46.3 Å². The summed E-state index contributed by atoms with van der Waals surface area (Å²) in [6.45, 7) is 0. The summed E-state index contributed by atoms with van der Waals surface area (Å²) >= 11 is 0. The van der Waals surface area contributed by atoms with E-state index in [1.54, 1.807) is 0 Å². The Balaban J connectivity index is 4.34. The Bertz CT molecular complexity index is 377. The molecule has 12 heteroatoms. The van der Waals surface area contributed by atoms with Crippen LogP contribution in [-0.2, 0) is 46.3 Å². The maximum atomic E-state index is 11.5. The van der Waals surface area contributed by atoms with E-state index in [1.807, 2.05) is 0 Å². The average Bonchev–Trinajstić information content (AvgIpc) is 2.49. The van der Waals surface area contributed by atoms with E-state index in [-0.39, 0.29) is 0 Å². The molecule has 0 bridgehead atoms. The Labute approximate surface area is 115 Å². The highest BCUT2D eigenvalue weighted by atomic mass is 31.2. The van der Waals surface area contributed by atoms with Gasteiger partial charge in [0.15, 0.2) is 12.7 Å². The van der Waals surface area contributed by atoms with E-state index in [0.717, 1.165) is 28.4 Å². The first-order valence-electron chi connectivity index (χ1n) is 5.00. The van der Waals surface area contributed by atoms with Crippen LogP contribution >= 0.6 is 15.2 Å². The topological polar surface area (TPSA) is 124 Å². The van der Waals surface area contributed by atoms with Gasteiger partial charge in [-0.25, -0.2) is 9.59 Å². The average molecular weight is 334 g/mol. The van der Waals surface area contributed by atoms with Crippen LogP contribution in [-0.4, -0.2) is 53.1 Å². The lowest BCUT2D eigenvalue weighted by Gasteiger charge is -2.14. The lowest BCUT2D eigenvalue weighted by atomic mass is 10.7. The molecule has 0 aliphatic heterocycles. The van der Waals surface area contributed by atoms with Gasteiger partial charge in [-0.05, 0) is 0 Å². The minimum atomic E-state index is -3.59. The molecule has 0 saturated heterocycles. The summed E-state index contributed by atoms with van der Waals surface area (Å²) in [7, 11) is -2.84. The second kappa shape index (κ2) is 8.51. The lowest BCUT2D eigenvalue weighted by Crippen LogP contribution is -2.22. The Morgan fingerprint density at radius 1 is 0.700 bits per heavy atom. The van der Waals surface area contributed by atoms with E-state index in [0.29, 0.717) is 0 Å². The largest absolute Gasteiger partial charge is 0.444 e. The maximum Gasteiger partial charge on any atom is 0.418 e. The van der Waals surface area contributed by atoms with E-state index < -0.39 is 39.8 Å². The molecule has 20 heavy (non-hydrogen) atoms. The summed E-state index contributed by atoms with van der Waals surface area (Å²) in [5.74, 6) is -2.89. The number of rotatable bonds is 8. The summed E-state index contributed by atoms with van der Waals surface area (Å²) in [5.41, 5.74) is 0. The molecule has 0 aliphatic carbocycles. The predicted molar refractivity (Wildman–Crippen MR) is 65.2 cm³/mol. The van der Waals surface area contributed by atoms with Crippen molar-refractivity contribution in [2.24, 2.45) is 0 Å². The van der Waals surface area contributed by atoms with Gasteiger partial charge in [0.1, 0.15) is 0 Å². The smallest absolute Gasteiger partial charge is 0.418 e. The fourth-order valence-electron chi connectivity index (χ4n) is 0.753. The molecule has 0 unspecified atom stereocenters. The third kappa shape index (κ3) is 6.13. The number of ether oxygens (including phenoxy) is 2. The normalized spacial score (nSPS) is 12.0. The van der Waals surface area contributed by atoms with Crippen molar-refractivity contribution >= 4 is 27.1 Å². The van der Waals surface area contributed by atoms with Gasteiger partial charge in [0, 0.05) is 28.4 Å². The van der Waals surface area contributed by atoms with Crippen molar-refractivity contribution in [1.29, 1.82) is 0 Å². The molecule has 118 valence electrons. The van der Waals surface area contributed by atoms with Gasteiger partial charge in [-0.1, -0.05) is 0 Å². The van der Waals surface area contributed by atoms with Gasteiger partial charge in [0.2, 0.25) is 0 Å². The number of esters is 2. The maximum absolute atomic E-state index is 11.5. The molecule has 0 amide bonds. The molecule has 0 spiro atoms. The number of carbonyl (C=O) groups is 2. The van der Waals surface area contributed by atoms with E-state index >= 15 is 0 Å². The SMILES string of the molecule is COP(=O)(COC(=O)C(=O)OCP(=O)(OC)OC)OC. The van der Waals surface area contributed by atoms with Crippen LogP contribution in [0.5, 0.6) is 0 Å². The van der Waals surface area contributed by atoms with E-state index in [1.165, 1.54) is 0 Å². The van der Waals surface area contributed by atoms with E-state index in [2.05, 4.69) is 27.6 Å². The summed E-state index contributed by atoms with van der Waals surface area (Å²) in [6.07, 6.45) is -1.53. The van der Waals surface area contributed by atoms with Crippen LogP contribution in [0.1, 0.15) is 0 Å². The zero-order chi connectivity index (χ0) is 15.8. The van der Waals surface area contributed by atoms with Crippen molar-refractivity contribution in [1.82, 2.24) is 0 Å².